The van der Waals surface area contributed by atoms with Gasteiger partial charge >= 0.3 is 0 Å². The van der Waals surface area contributed by atoms with E-state index in [0.29, 0.717) is 17.1 Å². The lowest BCUT2D eigenvalue weighted by Crippen LogP contribution is -2.34. The van der Waals surface area contributed by atoms with E-state index >= 15 is 0 Å². The number of carbonyl (C=O) groups excluding carboxylic acids is 2. The summed E-state index contributed by atoms with van der Waals surface area (Å²) in [5, 5.41) is 9.31. The van der Waals surface area contributed by atoms with Gasteiger partial charge in [-0.3, -0.25) is 9.59 Å². The minimum atomic E-state index is -0.797. The molecule has 1 aliphatic rings. The Hall–Kier alpha value is -3.75. The summed E-state index contributed by atoms with van der Waals surface area (Å²) in [6, 6.07) is 7.90. The number of halogens is 2. The molecular formula is C19H14F2N4O3. The molecule has 0 saturated heterocycles. The predicted molar refractivity (Wildman–Crippen MR) is 96.6 cm³/mol. The van der Waals surface area contributed by atoms with Crippen LogP contribution in [0.5, 0.6) is 5.75 Å². The molecule has 1 aliphatic heterocycles. The number of fused-ring (bicyclic) bond motifs is 1. The lowest BCUT2D eigenvalue weighted by atomic mass is 10.2. The van der Waals surface area contributed by atoms with Gasteiger partial charge in [0.05, 0.1) is 17.4 Å². The highest BCUT2D eigenvalue weighted by Crippen LogP contribution is 2.32. The molecule has 2 aromatic carbocycles. The van der Waals surface area contributed by atoms with Gasteiger partial charge in [-0.15, -0.1) is 0 Å². The molecule has 0 spiro atoms. The van der Waals surface area contributed by atoms with Gasteiger partial charge in [0.25, 0.3) is 11.8 Å². The first-order valence-electron chi connectivity index (χ1n) is 8.34. The highest BCUT2D eigenvalue weighted by molar-refractivity contribution is 6.05. The molecule has 2 amide bonds. The molecule has 0 bridgehead atoms. The van der Waals surface area contributed by atoms with Gasteiger partial charge in [-0.2, -0.15) is 5.10 Å². The fourth-order valence-corrected chi connectivity index (χ4v) is 2.73. The number of amides is 2. The summed E-state index contributed by atoms with van der Waals surface area (Å²) >= 11 is 0. The summed E-state index contributed by atoms with van der Waals surface area (Å²) in [4.78, 5) is 24.2. The lowest BCUT2D eigenvalue weighted by Gasteiger charge is -2.23. The fourth-order valence-electron chi connectivity index (χ4n) is 2.73. The van der Waals surface area contributed by atoms with E-state index in [9.17, 15) is 18.4 Å². The Kier molecular flexibility index (Phi) is 4.26. The summed E-state index contributed by atoms with van der Waals surface area (Å²) in [6.45, 7) is 1.63. The van der Waals surface area contributed by atoms with Crippen molar-refractivity contribution in [2.75, 3.05) is 10.6 Å². The van der Waals surface area contributed by atoms with Crippen molar-refractivity contribution < 1.29 is 23.1 Å². The molecule has 0 radical (unpaired) electrons. The van der Waals surface area contributed by atoms with Crippen LogP contribution in [0, 0.1) is 11.6 Å². The van der Waals surface area contributed by atoms with Crippen molar-refractivity contribution in [2.45, 2.75) is 13.0 Å². The molecule has 7 nitrogen and oxygen atoms in total. The normalized spacial score (nSPS) is 15.4. The van der Waals surface area contributed by atoms with Crippen molar-refractivity contribution in [3.8, 4) is 11.4 Å². The predicted octanol–water partition coefficient (Wildman–Crippen LogP) is 3.12. The number of nitrogens with one attached hydrogen (secondary N) is 2. The van der Waals surface area contributed by atoms with Crippen molar-refractivity contribution >= 4 is 23.2 Å². The van der Waals surface area contributed by atoms with Crippen LogP contribution >= 0.6 is 0 Å². The minimum Gasteiger partial charge on any atom is -0.479 e. The van der Waals surface area contributed by atoms with Crippen LogP contribution in [-0.2, 0) is 4.79 Å². The first-order valence-corrected chi connectivity index (χ1v) is 8.34. The quantitative estimate of drug-likeness (QED) is 0.727. The van der Waals surface area contributed by atoms with Crippen LogP contribution in [0.1, 0.15) is 17.3 Å². The van der Waals surface area contributed by atoms with Crippen LogP contribution in [0.4, 0.5) is 20.2 Å². The second-order valence-electron chi connectivity index (χ2n) is 6.18. The Morgan fingerprint density at radius 2 is 2.07 bits per heavy atom. The second kappa shape index (κ2) is 6.76. The van der Waals surface area contributed by atoms with Gasteiger partial charge in [0.2, 0.25) is 0 Å². The third kappa shape index (κ3) is 3.29. The van der Waals surface area contributed by atoms with E-state index in [4.69, 9.17) is 4.74 Å². The Morgan fingerprint density at radius 3 is 2.86 bits per heavy atom. The van der Waals surface area contributed by atoms with Crippen molar-refractivity contribution in [3.63, 3.8) is 0 Å². The van der Waals surface area contributed by atoms with Crippen molar-refractivity contribution in [1.29, 1.82) is 0 Å². The van der Waals surface area contributed by atoms with Crippen LogP contribution in [-0.4, -0.2) is 27.7 Å². The van der Waals surface area contributed by atoms with E-state index in [2.05, 4.69) is 15.7 Å². The monoisotopic (exact) mass is 384 g/mol. The summed E-state index contributed by atoms with van der Waals surface area (Å²) in [6.07, 6.45) is 2.00. The third-order valence-corrected chi connectivity index (χ3v) is 4.17. The van der Waals surface area contributed by atoms with E-state index < -0.39 is 23.6 Å². The molecule has 2 N–H and O–H groups in total. The minimum absolute atomic E-state index is 0.0169. The smallest absolute Gasteiger partial charge is 0.265 e. The molecule has 28 heavy (non-hydrogen) atoms. The fraction of sp³-hybridized carbons (Fsp3) is 0.105. The summed E-state index contributed by atoms with van der Waals surface area (Å²) in [7, 11) is 0. The number of hydrogen-bond acceptors (Lipinski definition) is 4. The number of rotatable bonds is 3. The summed E-state index contributed by atoms with van der Waals surface area (Å²) in [5.74, 6) is -1.76. The van der Waals surface area contributed by atoms with E-state index in [1.165, 1.54) is 18.5 Å². The highest BCUT2D eigenvalue weighted by Gasteiger charge is 2.23. The molecule has 142 valence electrons. The molecule has 4 rings (SSSR count). The number of anilines is 2. The molecular weight excluding hydrogens is 370 g/mol. The first kappa shape index (κ1) is 17.7. The molecule has 2 heterocycles. The molecule has 0 aliphatic carbocycles. The molecule has 3 aromatic rings. The first-order chi connectivity index (χ1) is 13.4. The second-order valence-corrected chi connectivity index (χ2v) is 6.18. The van der Waals surface area contributed by atoms with Crippen molar-refractivity contribution in [2.24, 2.45) is 0 Å². The van der Waals surface area contributed by atoms with Gasteiger partial charge in [0.1, 0.15) is 17.3 Å². The molecule has 0 fully saturated rings. The van der Waals surface area contributed by atoms with Gasteiger partial charge in [0.15, 0.2) is 11.9 Å². The zero-order valence-electron chi connectivity index (χ0n) is 14.6. The molecule has 1 aromatic heterocycles. The van der Waals surface area contributed by atoms with E-state index in [1.807, 2.05) is 0 Å². The maximum Gasteiger partial charge on any atom is 0.265 e. The SMILES string of the molecule is C[C@H]1Oc2ccc(NC(=O)c3cnn(-c4ccc(F)cc4F)c3)cc2NC1=O. The Morgan fingerprint density at radius 1 is 1.25 bits per heavy atom. The Bertz CT molecular complexity index is 1100. The van der Waals surface area contributed by atoms with E-state index in [0.717, 1.165) is 16.8 Å². The topological polar surface area (TPSA) is 85.2 Å². The van der Waals surface area contributed by atoms with Crippen LogP contribution < -0.4 is 15.4 Å². The highest BCUT2D eigenvalue weighted by atomic mass is 19.1. The third-order valence-electron chi connectivity index (χ3n) is 4.17. The van der Waals surface area contributed by atoms with Crippen molar-refractivity contribution in [1.82, 2.24) is 9.78 Å². The molecule has 0 unspecified atom stereocenters. The standard InChI is InChI=1S/C19H14F2N4O3/c1-10-18(26)24-15-7-13(3-5-17(15)28-10)23-19(27)11-8-22-25(9-11)16-4-2-12(20)6-14(16)21/h2-10H,1H3,(H,23,27)(H,24,26)/t10-/m1/s1. The largest absolute Gasteiger partial charge is 0.479 e. The van der Waals surface area contributed by atoms with Gasteiger partial charge in [-0.25, -0.2) is 13.5 Å². The maximum atomic E-state index is 13.9. The number of benzene rings is 2. The maximum absolute atomic E-state index is 13.9. The average Bonchev–Trinajstić information content (AvgIpc) is 3.13. The number of carbonyl (C=O) groups is 2. The van der Waals surface area contributed by atoms with Gasteiger partial charge in [0, 0.05) is 18.0 Å². The number of hydrogen-bond donors (Lipinski definition) is 2. The van der Waals surface area contributed by atoms with Gasteiger partial charge in [-0.05, 0) is 37.3 Å². The van der Waals surface area contributed by atoms with Crippen molar-refractivity contribution in [3.05, 3.63) is 66.0 Å². The zero-order valence-corrected chi connectivity index (χ0v) is 14.6. The molecule has 0 saturated carbocycles. The summed E-state index contributed by atoms with van der Waals surface area (Å²) in [5.41, 5.74) is 1.08. The Labute approximate surface area is 157 Å². The molecule has 9 heteroatoms. The number of ether oxygens (including phenoxy) is 1. The molecule has 1 atom stereocenters. The number of aromatic nitrogens is 2. The van der Waals surface area contributed by atoms with Crippen LogP contribution in [0.25, 0.3) is 5.69 Å². The average molecular weight is 384 g/mol. The Balaban J connectivity index is 1.53. The van der Waals surface area contributed by atoms with Crippen LogP contribution in [0.2, 0.25) is 0 Å². The van der Waals surface area contributed by atoms with Gasteiger partial charge < -0.3 is 15.4 Å². The zero-order chi connectivity index (χ0) is 19.8. The van der Waals surface area contributed by atoms with E-state index in [1.54, 1.807) is 25.1 Å². The number of nitrogens with zero attached hydrogens (tertiary/aromatic N) is 2. The van der Waals surface area contributed by atoms with Gasteiger partial charge in [-0.1, -0.05) is 0 Å². The van der Waals surface area contributed by atoms with Crippen LogP contribution in [0.15, 0.2) is 48.8 Å². The van der Waals surface area contributed by atoms with Crippen LogP contribution in [0.3, 0.4) is 0 Å². The summed E-state index contributed by atoms with van der Waals surface area (Å²) < 4.78 is 33.5. The van der Waals surface area contributed by atoms with E-state index in [-0.39, 0.29) is 17.2 Å². The lowest BCUT2D eigenvalue weighted by molar-refractivity contribution is -0.122.